The van der Waals surface area contributed by atoms with Gasteiger partial charge in [0, 0.05) is 24.8 Å². The Morgan fingerprint density at radius 1 is 0.423 bits per heavy atom. The van der Waals surface area contributed by atoms with Gasteiger partial charge in [-0.1, -0.05) is 24.3 Å². The van der Waals surface area contributed by atoms with Gasteiger partial charge in [-0.2, -0.15) is 0 Å². The van der Waals surface area contributed by atoms with Gasteiger partial charge in [0.15, 0.2) is 0 Å². The molecular formula is C20H16ClN4Rh. The average molecular weight is 451 g/mol. The van der Waals surface area contributed by atoms with Gasteiger partial charge in [-0.3, -0.25) is 19.9 Å². The molecule has 0 unspecified atom stereocenters. The molecule has 0 N–H and O–H groups in total. The molecule has 26 heavy (non-hydrogen) atoms. The molecular weight excluding hydrogens is 435 g/mol. The molecule has 132 valence electrons. The van der Waals surface area contributed by atoms with Crippen LogP contribution in [0.2, 0.25) is 0 Å². The largest absolute Gasteiger partial charge is 0.255 e. The maximum absolute atomic E-state index is 4.53. The van der Waals surface area contributed by atoms with Crippen LogP contribution in [-0.4, -0.2) is 19.9 Å². The normalized spacial score (nSPS) is 9.19. The molecule has 0 atom stereocenters. The summed E-state index contributed by atoms with van der Waals surface area (Å²) in [7, 11) is 4.53. The number of hydrogen-bond acceptors (Lipinski definition) is 4. The van der Waals surface area contributed by atoms with Crippen molar-refractivity contribution in [1.82, 2.24) is 19.9 Å². The molecule has 0 saturated carbocycles. The Labute approximate surface area is 167 Å². The van der Waals surface area contributed by atoms with E-state index < -0.39 is 0 Å². The molecule has 4 aromatic heterocycles. The first-order valence-corrected chi connectivity index (χ1v) is 9.82. The maximum atomic E-state index is 4.53. The predicted octanol–water partition coefficient (Wildman–Crippen LogP) is 4.97. The van der Waals surface area contributed by atoms with Crippen molar-refractivity contribution in [2.24, 2.45) is 0 Å². The molecule has 0 amide bonds. The summed E-state index contributed by atoms with van der Waals surface area (Å²) in [4.78, 5) is 16.7. The third-order valence-electron chi connectivity index (χ3n) is 3.18. The zero-order valence-electron chi connectivity index (χ0n) is 13.7. The molecule has 0 aliphatic carbocycles. The van der Waals surface area contributed by atoms with Crippen molar-refractivity contribution in [1.29, 1.82) is 0 Å². The smallest absolute Gasteiger partial charge is 0.0886 e. The predicted molar refractivity (Wildman–Crippen MR) is 101 cm³/mol. The summed E-state index contributed by atoms with van der Waals surface area (Å²) >= 11 is 2.02. The van der Waals surface area contributed by atoms with Crippen LogP contribution in [-0.2, 0) is 17.3 Å². The van der Waals surface area contributed by atoms with Gasteiger partial charge in [0.2, 0.25) is 0 Å². The third-order valence-corrected chi connectivity index (χ3v) is 3.18. The molecule has 4 heterocycles. The van der Waals surface area contributed by atoms with E-state index in [1.165, 1.54) is 0 Å². The van der Waals surface area contributed by atoms with E-state index in [-0.39, 0.29) is 0 Å². The molecule has 4 nitrogen and oxygen atoms in total. The molecule has 0 bridgehead atoms. The Kier molecular flexibility index (Phi) is 9.13. The Morgan fingerprint density at radius 2 is 0.654 bits per heavy atom. The summed E-state index contributed by atoms with van der Waals surface area (Å²) < 4.78 is 0. The van der Waals surface area contributed by atoms with Crippen LogP contribution >= 0.6 is 9.69 Å². The monoisotopic (exact) mass is 450 g/mol. The van der Waals surface area contributed by atoms with Crippen LogP contribution in [0, 0.1) is 0 Å². The molecule has 0 aliphatic rings. The first-order chi connectivity index (χ1) is 12.9. The van der Waals surface area contributed by atoms with Gasteiger partial charge in [-0.25, -0.2) is 0 Å². The van der Waals surface area contributed by atoms with Crippen LogP contribution in [0.25, 0.3) is 22.8 Å². The molecule has 4 rings (SSSR count). The zero-order valence-corrected chi connectivity index (χ0v) is 16.1. The maximum Gasteiger partial charge on any atom is 0.0886 e. The number of pyridine rings is 4. The summed E-state index contributed by atoms with van der Waals surface area (Å²) in [5.74, 6) is 0. The number of halogens is 1. The molecule has 6 heteroatoms. The fraction of sp³-hybridized carbons (Fsp3) is 0. The minimum Gasteiger partial charge on any atom is -0.255 e. The number of hydrogen-bond donors (Lipinski definition) is 0. The Hall–Kier alpha value is -2.49. The van der Waals surface area contributed by atoms with E-state index >= 15 is 0 Å². The molecule has 4 aromatic rings. The number of aromatic nitrogens is 4. The van der Waals surface area contributed by atoms with Gasteiger partial charge >= 0.3 is 27.0 Å². The van der Waals surface area contributed by atoms with Crippen molar-refractivity contribution in [3.63, 3.8) is 0 Å². The van der Waals surface area contributed by atoms with Gasteiger partial charge in [-0.05, 0) is 48.5 Å². The average Bonchev–Trinajstić information content (AvgIpc) is 2.78. The van der Waals surface area contributed by atoms with Crippen LogP contribution in [0.3, 0.4) is 0 Å². The zero-order chi connectivity index (χ0) is 18.5. The van der Waals surface area contributed by atoms with Crippen LogP contribution in [0.5, 0.6) is 0 Å². The van der Waals surface area contributed by atoms with Crippen molar-refractivity contribution in [3.8, 4) is 22.8 Å². The minimum atomic E-state index is 0.915. The second kappa shape index (κ2) is 12.0. The molecule has 0 spiro atoms. The SMILES string of the molecule is [Cl][Rh].c1ccc(-c2ccccn2)nc1.c1ccc(-c2ccccn2)nc1. The summed E-state index contributed by atoms with van der Waals surface area (Å²) in [6, 6.07) is 23.2. The standard InChI is InChI=1S/2C10H8N2.ClH.Rh/c2*1-3-7-11-9(5-1)10-6-2-4-8-12-10;;/h2*1-8H;1H;/q;;;+1/p-1. The number of nitrogens with zero attached hydrogens (tertiary/aromatic N) is 4. The molecule has 0 fully saturated rings. The Balaban J connectivity index is 0.000000171. The van der Waals surface area contributed by atoms with Crippen LogP contribution < -0.4 is 0 Å². The van der Waals surface area contributed by atoms with Gasteiger partial charge in [0.05, 0.1) is 22.8 Å². The molecule has 0 radical (unpaired) electrons. The van der Waals surface area contributed by atoms with Gasteiger partial charge in [0.25, 0.3) is 0 Å². The van der Waals surface area contributed by atoms with Gasteiger partial charge in [0.1, 0.15) is 0 Å². The summed E-state index contributed by atoms with van der Waals surface area (Å²) in [6.45, 7) is 0. The first-order valence-electron chi connectivity index (χ1n) is 7.71. The van der Waals surface area contributed by atoms with Crippen LogP contribution in [0.1, 0.15) is 0 Å². The Bertz CT molecular complexity index is 698. The van der Waals surface area contributed by atoms with Crippen molar-refractivity contribution >= 4 is 9.69 Å². The second-order valence-electron chi connectivity index (χ2n) is 4.86. The molecule has 0 aromatic carbocycles. The van der Waals surface area contributed by atoms with E-state index in [4.69, 9.17) is 0 Å². The topological polar surface area (TPSA) is 51.6 Å². The second-order valence-corrected chi connectivity index (χ2v) is 4.86. The summed E-state index contributed by atoms with van der Waals surface area (Å²) in [5.41, 5.74) is 3.66. The van der Waals surface area contributed by atoms with E-state index in [1.54, 1.807) is 24.8 Å². The van der Waals surface area contributed by atoms with Gasteiger partial charge < -0.3 is 0 Å². The van der Waals surface area contributed by atoms with Crippen molar-refractivity contribution < 1.29 is 17.3 Å². The van der Waals surface area contributed by atoms with Crippen LogP contribution in [0.15, 0.2) is 97.6 Å². The molecule has 0 saturated heterocycles. The fourth-order valence-corrected chi connectivity index (χ4v) is 2.06. The van der Waals surface area contributed by atoms with Crippen molar-refractivity contribution in [3.05, 3.63) is 97.6 Å². The number of rotatable bonds is 2. The van der Waals surface area contributed by atoms with Crippen LogP contribution in [0.4, 0.5) is 0 Å². The minimum absolute atomic E-state index is 0.915. The fourth-order valence-electron chi connectivity index (χ4n) is 2.06. The van der Waals surface area contributed by atoms with Crippen molar-refractivity contribution in [2.75, 3.05) is 0 Å². The molecule has 0 aliphatic heterocycles. The van der Waals surface area contributed by atoms with E-state index in [1.807, 2.05) is 90.1 Å². The van der Waals surface area contributed by atoms with E-state index in [2.05, 4.69) is 29.6 Å². The van der Waals surface area contributed by atoms with E-state index in [0.717, 1.165) is 22.8 Å². The third kappa shape index (κ3) is 6.43. The Morgan fingerprint density at radius 3 is 0.808 bits per heavy atom. The summed E-state index contributed by atoms with van der Waals surface area (Å²) in [5, 5.41) is 0. The van der Waals surface area contributed by atoms with E-state index in [0.29, 0.717) is 0 Å². The summed E-state index contributed by atoms with van der Waals surface area (Å²) in [6.07, 6.45) is 7.07. The van der Waals surface area contributed by atoms with E-state index in [9.17, 15) is 0 Å². The first kappa shape index (κ1) is 19.8. The quantitative estimate of drug-likeness (QED) is 0.404. The van der Waals surface area contributed by atoms with Gasteiger partial charge in [-0.15, -0.1) is 0 Å². The van der Waals surface area contributed by atoms with Crippen molar-refractivity contribution in [2.45, 2.75) is 0 Å².